The number of amides is 1. The van der Waals surface area contributed by atoms with E-state index in [1.165, 1.54) is 0 Å². The Morgan fingerprint density at radius 3 is 2.39 bits per heavy atom. The number of hydrogen-bond acceptors (Lipinski definition) is 1. The van der Waals surface area contributed by atoms with E-state index in [1.807, 2.05) is 67.7 Å². The van der Waals surface area contributed by atoms with E-state index >= 15 is 0 Å². The van der Waals surface area contributed by atoms with E-state index in [0.717, 1.165) is 20.6 Å². The van der Waals surface area contributed by atoms with Crippen LogP contribution in [0, 0.1) is 0 Å². The largest absolute Gasteiger partial charge is 0.345 e. The quantitative estimate of drug-likeness (QED) is 0.770. The van der Waals surface area contributed by atoms with Gasteiger partial charge >= 0.3 is 0 Å². The van der Waals surface area contributed by atoms with E-state index in [2.05, 4.69) is 21.2 Å². The van der Waals surface area contributed by atoms with Crippen LogP contribution in [0.15, 0.2) is 53.0 Å². The average molecular weight is 397 g/mol. The number of benzene rings is 2. The first-order chi connectivity index (χ1) is 11.0. The van der Waals surface area contributed by atoms with Crippen molar-refractivity contribution in [3.8, 4) is 0 Å². The molecule has 0 aliphatic rings. The van der Waals surface area contributed by atoms with E-state index in [9.17, 15) is 4.79 Å². The molecule has 2 aromatic rings. The normalized spacial score (nSPS) is 13.4. The first-order valence-corrected chi connectivity index (χ1v) is 8.77. The first kappa shape index (κ1) is 18.0. The highest BCUT2D eigenvalue weighted by Gasteiger charge is 2.16. The summed E-state index contributed by atoms with van der Waals surface area (Å²) in [5.41, 5.74) is 2.11. The van der Waals surface area contributed by atoms with Gasteiger partial charge in [0, 0.05) is 15.1 Å². The lowest BCUT2D eigenvalue weighted by Crippen LogP contribution is -2.87. The second kappa shape index (κ2) is 8.48. The topological polar surface area (TPSA) is 45.7 Å². The minimum atomic E-state index is -0.0397. The van der Waals surface area contributed by atoms with Crippen LogP contribution in [0.25, 0.3) is 0 Å². The van der Waals surface area contributed by atoms with Crippen molar-refractivity contribution in [2.24, 2.45) is 0 Å². The third-order valence-electron chi connectivity index (χ3n) is 3.80. The summed E-state index contributed by atoms with van der Waals surface area (Å²) >= 11 is 9.70. The van der Waals surface area contributed by atoms with Gasteiger partial charge in [-0.15, -0.1) is 0 Å². The summed E-state index contributed by atoms with van der Waals surface area (Å²) < 4.78 is 1.00. The van der Waals surface area contributed by atoms with Gasteiger partial charge < -0.3 is 10.6 Å². The van der Waals surface area contributed by atoms with E-state index in [4.69, 9.17) is 11.6 Å². The highest BCUT2D eigenvalue weighted by molar-refractivity contribution is 9.10. The van der Waals surface area contributed by atoms with Gasteiger partial charge in [-0.05, 0) is 31.5 Å². The zero-order valence-electron chi connectivity index (χ0n) is 13.2. The van der Waals surface area contributed by atoms with Crippen molar-refractivity contribution in [1.29, 1.82) is 0 Å². The van der Waals surface area contributed by atoms with Crippen LogP contribution in [0.5, 0.6) is 0 Å². The molecular formula is C18H21BrClN2O+. The SMILES string of the molecule is C[C@H]([NH2+]CC(=O)N[C@H](C)c1ccccc1Br)c1ccccc1Cl. The molecule has 122 valence electrons. The Labute approximate surface area is 150 Å². The van der Waals surface area contributed by atoms with Crippen LogP contribution in [-0.2, 0) is 4.79 Å². The molecule has 0 radical (unpaired) electrons. The molecular weight excluding hydrogens is 376 g/mol. The number of quaternary nitrogens is 1. The van der Waals surface area contributed by atoms with Gasteiger partial charge in [-0.2, -0.15) is 0 Å². The lowest BCUT2D eigenvalue weighted by molar-refractivity contribution is -0.682. The zero-order chi connectivity index (χ0) is 16.8. The van der Waals surface area contributed by atoms with Crippen LogP contribution in [-0.4, -0.2) is 12.5 Å². The molecule has 0 spiro atoms. The maximum Gasteiger partial charge on any atom is 0.275 e. The molecule has 0 aliphatic carbocycles. The van der Waals surface area contributed by atoms with E-state index in [0.29, 0.717) is 6.54 Å². The minimum absolute atomic E-state index is 0.00663. The summed E-state index contributed by atoms with van der Waals surface area (Å²) in [7, 11) is 0. The molecule has 1 amide bonds. The molecule has 2 rings (SSSR count). The number of carbonyl (C=O) groups excluding carboxylic acids is 1. The summed E-state index contributed by atoms with van der Waals surface area (Å²) in [6, 6.07) is 15.7. The van der Waals surface area contributed by atoms with Gasteiger partial charge in [0.2, 0.25) is 0 Å². The lowest BCUT2D eigenvalue weighted by Gasteiger charge is -2.17. The van der Waals surface area contributed by atoms with Gasteiger partial charge in [0.25, 0.3) is 5.91 Å². The second-order valence-electron chi connectivity index (χ2n) is 5.56. The maximum atomic E-state index is 12.2. The van der Waals surface area contributed by atoms with Gasteiger partial charge in [-0.3, -0.25) is 4.79 Å². The molecule has 23 heavy (non-hydrogen) atoms. The summed E-state index contributed by atoms with van der Waals surface area (Å²) in [6.45, 7) is 4.39. The molecule has 0 saturated carbocycles. The Bertz CT molecular complexity index is 678. The molecule has 5 heteroatoms. The molecule has 0 heterocycles. The Kier molecular flexibility index (Phi) is 6.63. The van der Waals surface area contributed by atoms with Gasteiger partial charge in [-0.1, -0.05) is 63.9 Å². The summed E-state index contributed by atoms with van der Waals surface area (Å²) in [6.07, 6.45) is 0. The number of hydrogen-bond donors (Lipinski definition) is 2. The lowest BCUT2D eigenvalue weighted by atomic mass is 10.1. The Balaban J connectivity index is 1.88. The van der Waals surface area contributed by atoms with Gasteiger partial charge in [0.15, 0.2) is 6.54 Å². The van der Waals surface area contributed by atoms with E-state index in [1.54, 1.807) is 0 Å². The Morgan fingerprint density at radius 2 is 1.74 bits per heavy atom. The Morgan fingerprint density at radius 1 is 1.13 bits per heavy atom. The Hall–Kier alpha value is -1.36. The predicted octanol–water partition coefficient (Wildman–Crippen LogP) is 3.60. The van der Waals surface area contributed by atoms with Crippen molar-refractivity contribution < 1.29 is 10.1 Å². The van der Waals surface area contributed by atoms with Crippen LogP contribution < -0.4 is 10.6 Å². The van der Waals surface area contributed by atoms with E-state index < -0.39 is 0 Å². The molecule has 0 bridgehead atoms. The zero-order valence-corrected chi connectivity index (χ0v) is 15.6. The van der Waals surface area contributed by atoms with Crippen molar-refractivity contribution in [2.45, 2.75) is 25.9 Å². The number of carbonyl (C=O) groups is 1. The molecule has 0 aromatic heterocycles. The summed E-state index contributed by atoms with van der Waals surface area (Å²) in [5.74, 6) is 0.00663. The third-order valence-corrected chi connectivity index (χ3v) is 4.87. The van der Waals surface area contributed by atoms with Crippen LogP contribution in [0.3, 0.4) is 0 Å². The van der Waals surface area contributed by atoms with Crippen molar-refractivity contribution in [1.82, 2.24) is 5.32 Å². The minimum Gasteiger partial charge on any atom is -0.345 e. The van der Waals surface area contributed by atoms with Crippen LogP contribution in [0.1, 0.15) is 37.1 Å². The van der Waals surface area contributed by atoms with Crippen LogP contribution in [0.2, 0.25) is 5.02 Å². The maximum absolute atomic E-state index is 12.2. The van der Waals surface area contributed by atoms with Crippen molar-refractivity contribution in [3.05, 3.63) is 69.2 Å². The summed E-state index contributed by atoms with van der Waals surface area (Å²) in [4.78, 5) is 12.2. The highest BCUT2D eigenvalue weighted by Crippen LogP contribution is 2.22. The van der Waals surface area contributed by atoms with Crippen molar-refractivity contribution >= 4 is 33.4 Å². The van der Waals surface area contributed by atoms with E-state index in [-0.39, 0.29) is 18.0 Å². The molecule has 0 unspecified atom stereocenters. The standard InChI is InChI=1S/C18H20BrClN2O/c1-12(15-8-4-6-10-17(15)20)21-11-18(23)22-13(2)14-7-3-5-9-16(14)19/h3-10,12-13,21H,11H2,1-2H3,(H,22,23)/p+1/t12-,13+/m0/s1. The predicted molar refractivity (Wildman–Crippen MR) is 97.4 cm³/mol. The molecule has 0 saturated heterocycles. The van der Waals surface area contributed by atoms with Crippen molar-refractivity contribution in [2.75, 3.05) is 6.54 Å². The number of halogens is 2. The van der Waals surface area contributed by atoms with Crippen molar-refractivity contribution in [3.63, 3.8) is 0 Å². The molecule has 2 atom stereocenters. The molecule has 0 aliphatic heterocycles. The summed E-state index contributed by atoms with van der Waals surface area (Å²) in [5, 5.41) is 5.75. The molecule has 3 N–H and O–H groups in total. The molecule has 2 aromatic carbocycles. The number of rotatable bonds is 6. The third kappa shape index (κ3) is 5.06. The van der Waals surface area contributed by atoms with Gasteiger partial charge in [-0.25, -0.2) is 0 Å². The fourth-order valence-corrected chi connectivity index (χ4v) is 3.40. The second-order valence-corrected chi connectivity index (χ2v) is 6.82. The van der Waals surface area contributed by atoms with Crippen LogP contribution >= 0.6 is 27.5 Å². The monoisotopic (exact) mass is 395 g/mol. The molecule has 0 fully saturated rings. The number of nitrogens with one attached hydrogen (secondary N) is 1. The fraction of sp³-hybridized carbons (Fsp3) is 0.278. The number of nitrogens with two attached hydrogens (primary N) is 1. The highest BCUT2D eigenvalue weighted by atomic mass is 79.9. The van der Waals surface area contributed by atoms with Gasteiger partial charge in [0.05, 0.1) is 6.04 Å². The van der Waals surface area contributed by atoms with Gasteiger partial charge in [0.1, 0.15) is 6.04 Å². The fourth-order valence-electron chi connectivity index (χ4n) is 2.46. The smallest absolute Gasteiger partial charge is 0.275 e. The average Bonchev–Trinajstić information content (AvgIpc) is 2.53. The van der Waals surface area contributed by atoms with Crippen LogP contribution in [0.4, 0.5) is 0 Å². The molecule has 3 nitrogen and oxygen atoms in total. The first-order valence-electron chi connectivity index (χ1n) is 7.60.